The minimum absolute atomic E-state index is 0.672. The highest BCUT2D eigenvalue weighted by atomic mass is 14.3. The van der Waals surface area contributed by atoms with Gasteiger partial charge in [-0.15, -0.1) is 0 Å². The molecule has 0 saturated heterocycles. The summed E-state index contributed by atoms with van der Waals surface area (Å²) in [5.74, 6) is 2.26. The van der Waals surface area contributed by atoms with E-state index in [1.165, 1.54) is 12.8 Å². The van der Waals surface area contributed by atoms with Crippen LogP contribution in [0.1, 0.15) is 62.6 Å². The lowest BCUT2D eigenvalue weighted by atomic mass is 9.88. The number of hydrogen-bond donors (Lipinski definition) is 0. The van der Waals surface area contributed by atoms with Crippen LogP contribution in [0.2, 0.25) is 0 Å². The van der Waals surface area contributed by atoms with Gasteiger partial charge >= 0.3 is 0 Å². The zero-order valence-electron chi connectivity index (χ0n) is 10.4. The number of benzene rings is 1. The van der Waals surface area contributed by atoms with Gasteiger partial charge in [-0.05, 0) is 47.3 Å². The molecule has 0 saturated carbocycles. The van der Waals surface area contributed by atoms with E-state index in [1.807, 2.05) is 0 Å². The lowest BCUT2D eigenvalue weighted by Crippen LogP contribution is -2.02. The number of fused-ring (bicyclic) bond motifs is 1. The Morgan fingerprint density at radius 3 is 2.47 bits per heavy atom. The Labute approximate surface area is 93.7 Å². The molecule has 0 N–H and O–H groups in total. The van der Waals surface area contributed by atoms with Gasteiger partial charge in [-0.2, -0.15) is 0 Å². The summed E-state index contributed by atoms with van der Waals surface area (Å²) in [6, 6.07) is 6.90. The Hall–Kier alpha value is -0.780. The van der Waals surface area contributed by atoms with E-state index in [4.69, 9.17) is 0 Å². The van der Waals surface area contributed by atoms with Crippen molar-refractivity contribution in [1.82, 2.24) is 0 Å². The van der Waals surface area contributed by atoms with E-state index < -0.39 is 0 Å². The molecule has 1 aliphatic carbocycles. The predicted molar refractivity (Wildman–Crippen MR) is 66.4 cm³/mol. The highest BCUT2D eigenvalue weighted by molar-refractivity contribution is 5.42. The minimum atomic E-state index is 0.672. The zero-order valence-corrected chi connectivity index (χ0v) is 10.4. The van der Waals surface area contributed by atoms with E-state index in [1.54, 1.807) is 16.7 Å². The summed E-state index contributed by atoms with van der Waals surface area (Å²) in [6.07, 6.45) is 2.66. The van der Waals surface area contributed by atoms with Crippen LogP contribution in [-0.4, -0.2) is 0 Å². The van der Waals surface area contributed by atoms with Crippen LogP contribution >= 0.6 is 0 Å². The molecule has 0 amide bonds. The average Bonchev–Trinajstić information content (AvgIpc) is 2.59. The van der Waals surface area contributed by atoms with E-state index in [9.17, 15) is 0 Å². The van der Waals surface area contributed by atoms with E-state index in [2.05, 4.69) is 45.9 Å². The molecular weight excluding hydrogens is 180 g/mol. The largest absolute Gasteiger partial charge is 0.0622 e. The van der Waals surface area contributed by atoms with E-state index in [0.29, 0.717) is 5.92 Å². The second-order valence-electron chi connectivity index (χ2n) is 5.46. The Morgan fingerprint density at radius 2 is 1.87 bits per heavy atom. The predicted octanol–water partition coefficient (Wildman–Crippen LogP) is 4.50. The summed E-state index contributed by atoms with van der Waals surface area (Å²) in [5, 5.41) is 0. The van der Waals surface area contributed by atoms with Crippen LogP contribution in [0.5, 0.6) is 0 Å². The van der Waals surface area contributed by atoms with E-state index >= 15 is 0 Å². The first-order valence-electron chi connectivity index (χ1n) is 6.23. The molecular formula is C15H22. The quantitative estimate of drug-likeness (QED) is 0.662. The molecule has 0 spiro atoms. The Bertz CT molecular complexity index is 347. The highest BCUT2D eigenvalue weighted by Gasteiger charge is 2.26. The standard InChI is InChI=1S/C15H22/c1-10(2)12-6-5-7-14-13(11(3)4)8-9-15(12)14/h5-7,10-11,13H,8-9H2,1-4H3. The van der Waals surface area contributed by atoms with Gasteiger partial charge < -0.3 is 0 Å². The highest BCUT2D eigenvalue weighted by Crippen LogP contribution is 2.41. The van der Waals surface area contributed by atoms with Crippen LogP contribution < -0.4 is 0 Å². The summed E-state index contributed by atoms with van der Waals surface area (Å²) < 4.78 is 0. The van der Waals surface area contributed by atoms with Crippen molar-refractivity contribution < 1.29 is 0 Å². The molecule has 0 aromatic heterocycles. The molecule has 82 valence electrons. The molecule has 0 aliphatic heterocycles. The molecule has 0 nitrogen and oxygen atoms in total. The molecule has 1 atom stereocenters. The molecule has 1 aliphatic rings. The van der Waals surface area contributed by atoms with Crippen molar-refractivity contribution in [2.45, 2.75) is 52.4 Å². The van der Waals surface area contributed by atoms with Crippen molar-refractivity contribution in [2.24, 2.45) is 5.92 Å². The summed E-state index contributed by atoms with van der Waals surface area (Å²) in [7, 11) is 0. The van der Waals surface area contributed by atoms with Gasteiger partial charge in [-0.3, -0.25) is 0 Å². The SMILES string of the molecule is CC(C)c1cccc2c1CCC2C(C)C. The fraction of sp³-hybridized carbons (Fsp3) is 0.600. The first-order valence-corrected chi connectivity index (χ1v) is 6.23. The normalized spacial score (nSPS) is 20.0. The molecule has 1 unspecified atom stereocenters. The van der Waals surface area contributed by atoms with Crippen molar-refractivity contribution >= 4 is 0 Å². The summed E-state index contributed by atoms with van der Waals surface area (Å²) in [4.78, 5) is 0. The van der Waals surface area contributed by atoms with Crippen LogP contribution in [0.15, 0.2) is 18.2 Å². The molecule has 1 aromatic carbocycles. The molecule has 0 radical (unpaired) electrons. The molecule has 0 heterocycles. The average molecular weight is 202 g/mol. The Morgan fingerprint density at radius 1 is 1.13 bits per heavy atom. The van der Waals surface area contributed by atoms with Crippen LogP contribution in [0.3, 0.4) is 0 Å². The van der Waals surface area contributed by atoms with Crippen LogP contribution in [0.25, 0.3) is 0 Å². The first kappa shape index (κ1) is 10.7. The summed E-state index contributed by atoms with van der Waals surface area (Å²) in [6.45, 7) is 9.31. The maximum Gasteiger partial charge on any atom is -0.0133 e. The zero-order chi connectivity index (χ0) is 11.0. The van der Waals surface area contributed by atoms with Crippen LogP contribution in [0, 0.1) is 5.92 Å². The maximum atomic E-state index is 2.35. The van der Waals surface area contributed by atoms with Gasteiger partial charge in [0.25, 0.3) is 0 Å². The molecule has 0 fully saturated rings. The fourth-order valence-corrected chi connectivity index (χ4v) is 2.95. The van der Waals surface area contributed by atoms with Crippen LogP contribution in [0.4, 0.5) is 0 Å². The third-order valence-electron chi connectivity index (χ3n) is 3.78. The molecule has 2 rings (SSSR count). The number of rotatable bonds is 2. The van der Waals surface area contributed by atoms with E-state index in [0.717, 1.165) is 11.8 Å². The lowest BCUT2D eigenvalue weighted by Gasteiger charge is -2.17. The van der Waals surface area contributed by atoms with Gasteiger partial charge in [0.1, 0.15) is 0 Å². The third kappa shape index (κ3) is 1.82. The lowest BCUT2D eigenvalue weighted by molar-refractivity contribution is 0.496. The van der Waals surface area contributed by atoms with Gasteiger partial charge in [0.2, 0.25) is 0 Å². The second kappa shape index (κ2) is 4.00. The van der Waals surface area contributed by atoms with Crippen LogP contribution in [-0.2, 0) is 6.42 Å². The van der Waals surface area contributed by atoms with Gasteiger partial charge in [0.05, 0.1) is 0 Å². The second-order valence-corrected chi connectivity index (χ2v) is 5.46. The molecule has 0 bridgehead atoms. The van der Waals surface area contributed by atoms with Gasteiger partial charge in [-0.25, -0.2) is 0 Å². The Balaban J connectivity index is 2.43. The number of hydrogen-bond acceptors (Lipinski definition) is 0. The summed E-state index contributed by atoms with van der Waals surface area (Å²) in [5.41, 5.74) is 4.87. The molecule has 15 heavy (non-hydrogen) atoms. The van der Waals surface area contributed by atoms with Gasteiger partial charge in [-0.1, -0.05) is 45.9 Å². The van der Waals surface area contributed by atoms with Gasteiger partial charge in [0, 0.05) is 0 Å². The third-order valence-corrected chi connectivity index (χ3v) is 3.78. The van der Waals surface area contributed by atoms with Crippen molar-refractivity contribution in [3.05, 3.63) is 34.9 Å². The van der Waals surface area contributed by atoms with Crippen molar-refractivity contribution in [2.75, 3.05) is 0 Å². The Kier molecular flexibility index (Phi) is 2.86. The molecule has 0 heteroatoms. The van der Waals surface area contributed by atoms with Crippen molar-refractivity contribution in [1.29, 1.82) is 0 Å². The maximum absolute atomic E-state index is 2.35. The topological polar surface area (TPSA) is 0 Å². The molecule has 1 aromatic rings. The monoisotopic (exact) mass is 202 g/mol. The fourth-order valence-electron chi connectivity index (χ4n) is 2.95. The van der Waals surface area contributed by atoms with E-state index in [-0.39, 0.29) is 0 Å². The summed E-state index contributed by atoms with van der Waals surface area (Å²) >= 11 is 0. The minimum Gasteiger partial charge on any atom is -0.0622 e. The van der Waals surface area contributed by atoms with Crippen molar-refractivity contribution in [3.63, 3.8) is 0 Å². The smallest absolute Gasteiger partial charge is 0.0133 e. The van der Waals surface area contributed by atoms with Crippen molar-refractivity contribution in [3.8, 4) is 0 Å². The first-order chi connectivity index (χ1) is 7.11. The van der Waals surface area contributed by atoms with Gasteiger partial charge in [0.15, 0.2) is 0 Å².